The van der Waals surface area contributed by atoms with E-state index in [1.165, 1.54) is 154 Å². The molecule has 0 aromatic carbocycles. The number of halogens is 1. The predicted molar refractivity (Wildman–Crippen MR) is 224 cm³/mol. The standard InChI is InChI=1S/C45H82N2O2.ClH/c1-5-7-9-11-13-15-17-19-21-23-25-27-29-31-33-35-38-45(42-47(43-45)44(48)49-41-37-40-46(3)4)39-36-34-32-30-28-26-24-22-20-18-16-14-12-10-8-6-2;/h13-16,19-22H,5-12,17-18,23-43H2,1-4H3;1H/b15-13-,16-14-,21-19-,22-20-;. The number of amides is 1. The first kappa shape index (κ1) is 48.5. The maximum absolute atomic E-state index is 12.7. The van der Waals surface area contributed by atoms with E-state index in [9.17, 15) is 4.79 Å². The van der Waals surface area contributed by atoms with Crippen molar-refractivity contribution in [3.05, 3.63) is 48.6 Å². The number of rotatable bonds is 34. The van der Waals surface area contributed by atoms with Crippen LogP contribution in [0.5, 0.6) is 0 Å². The van der Waals surface area contributed by atoms with Gasteiger partial charge in [-0.1, -0.05) is 152 Å². The molecule has 0 aromatic rings. The number of unbranched alkanes of at least 4 members (excludes halogenated alkanes) is 18. The van der Waals surface area contributed by atoms with Crippen LogP contribution < -0.4 is 0 Å². The van der Waals surface area contributed by atoms with Crippen molar-refractivity contribution in [1.29, 1.82) is 0 Å². The molecule has 5 heteroatoms. The molecule has 0 unspecified atom stereocenters. The van der Waals surface area contributed by atoms with E-state index in [1.54, 1.807) is 0 Å². The van der Waals surface area contributed by atoms with Crippen LogP contribution >= 0.6 is 12.4 Å². The fourth-order valence-electron chi connectivity index (χ4n) is 6.94. The molecule has 1 amide bonds. The first-order chi connectivity index (χ1) is 24.0. The summed E-state index contributed by atoms with van der Waals surface area (Å²) in [6.07, 6.45) is 53.2. The average molecular weight is 720 g/mol. The Labute approximate surface area is 318 Å². The Morgan fingerprint density at radius 2 is 0.940 bits per heavy atom. The van der Waals surface area contributed by atoms with Gasteiger partial charge in [-0.25, -0.2) is 4.79 Å². The second-order valence-corrected chi connectivity index (χ2v) is 15.3. The fourth-order valence-corrected chi connectivity index (χ4v) is 6.94. The van der Waals surface area contributed by atoms with Crippen LogP contribution in [0.1, 0.15) is 187 Å². The summed E-state index contributed by atoms with van der Waals surface area (Å²) in [5.41, 5.74) is 0.327. The number of hydrogen-bond acceptors (Lipinski definition) is 3. The summed E-state index contributed by atoms with van der Waals surface area (Å²) >= 11 is 0. The molecule has 1 aliphatic heterocycles. The monoisotopic (exact) mass is 719 g/mol. The van der Waals surface area contributed by atoms with Crippen molar-refractivity contribution in [3.63, 3.8) is 0 Å². The Bertz CT molecular complexity index is 809. The largest absolute Gasteiger partial charge is 0.449 e. The lowest BCUT2D eigenvalue weighted by Gasteiger charge is -2.50. The lowest BCUT2D eigenvalue weighted by Crippen LogP contribution is -2.58. The highest BCUT2D eigenvalue weighted by Gasteiger charge is 2.44. The summed E-state index contributed by atoms with van der Waals surface area (Å²) < 4.78 is 5.60. The summed E-state index contributed by atoms with van der Waals surface area (Å²) in [6.45, 7) is 7.82. The lowest BCUT2D eigenvalue weighted by atomic mass is 9.72. The van der Waals surface area contributed by atoms with Gasteiger partial charge in [0.15, 0.2) is 0 Å². The third-order valence-corrected chi connectivity index (χ3v) is 10.1. The van der Waals surface area contributed by atoms with Crippen LogP contribution in [0.15, 0.2) is 48.6 Å². The number of carbonyl (C=O) groups is 1. The van der Waals surface area contributed by atoms with Crippen LogP contribution in [0.3, 0.4) is 0 Å². The summed E-state index contributed by atoms with van der Waals surface area (Å²) in [5.74, 6) is 0. The van der Waals surface area contributed by atoms with E-state index < -0.39 is 0 Å². The maximum Gasteiger partial charge on any atom is 0.409 e. The molecule has 0 saturated carbocycles. The van der Waals surface area contributed by atoms with Gasteiger partial charge in [0.2, 0.25) is 0 Å². The van der Waals surface area contributed by atoms with Crippen molar-refractivity contribution in [3.8, 4) is 0 Å². The van der Waals surface area contributed by atoms with Gasteiger partial charge in [0, 0.05) is 25.0 Å². The number of hydrogen-bond donors (Lipinski definition) is 0. The molecule has 0 atom stereocenters. The Hall–Kier alpha value is -1.52. The second-order valence-electron chi connectivity index (χ2n) is 15.3. The third-order valence-electron chi connectivity index (χ3n) is 10.1. The predicted octanol–water partition coefficient (Wildman–Crippen LogP) is 14.2. The molecular weight excluding hydrogens is 636 g/mol. The summed E-state index contributed by atoms with van der Waals surface area (Å²) in [5, 5.41) is 0. The Morgan fingerprint density at radius 3 is 1.34 bits per heavy atom. The van der Waals surface area contributed by atoms with E-state index in [2.05, 4.69) is 81.5 Å². The van der Waals surface area contributed by atoms with Crippen molar-refractivity contribution in [2.75, 3.05) is 40.3 Å². The van der Waals surface area contributed by atoms with Crippen molar-refractivity contribution in [2.45, 2.75) is 187 Å². The molecule has 4 nitrogen and oxygen atoms in total. The fraction of sp³-hybridized carbons (Fsp3) is 0.800. The van der Waals surface area contributed by atoms with Crippen LogP contribution in [0.25, 0.3) is 0 Å². The molecule has 0 aliphatic carbocycles. The summed E-state index contributed by atoms with van der Waals surface area (Å²) in [4.78, 5) is 16.8. The second kappa shape index (κ2) is 35.9. The summed E-state index contributed by atoms with van der Waals surface area (Å²) in [7, 11) is 4.13. The quantitative estimate of drug-likeness (QED) is 0.0490. The molecule has 0 spiro atoms. The first-order valence-corrected chi connectivity index (χ1v) is 21.2. The van der Waals surface area contributed by atoms with Gasteiger partial charge in [-0.15, -0.1) is 12.4 Å². The summed E-state index contributed by atoms with van der Waals surface area (Å²) in [6, 6.07) is 0. The van der Waals surface area contributed by atoms with E-state index in [0.717, 1.165) is 38.9 Å². The van der Waals surface area contributed by atoms with Gasteiger partial charge in [-0.2, -0.15) is 0 Å². The molecule has 1 rings (SSSR count). The molecule has 0 bridgehead atoms. The molecule has 1 fully saturated rings. The van der Waals surface area contributed by atoms with Crippen LogP contribution in [-0.4, -0.2) is 56.2 Å². The minimum absolute atomic E-state index is 0. The van der Waals surface area contributed by atoms with E-state index in [4.69, 9.17) is 4.74 Å². The normalized spacial score (nSPS) is 14.5. The molecule has 1 saturated heterocycles. The highest BCUT2D eigenvalue weighted by atomic mass is 35.5. The average Bonchev–Trinajstić information content (AvgIpc) is 3.07. The number of ether oxygens (including phenoxy) is 1. The van der Waals surface area contributed by atoms with Crippen LogP contribution in [0.2, 0.25) is 0 Å². The Balaban J connectivity index is 0.0000240. The van der Waals surface area contributed by atoms with Crippen molar-refractivity contribution < 1.29 is 9.53 Å². The maximum atomic E-state index is 12.7. The highest BCUT2D eigenvalue weighted by molar-refractivity contribution is 5.85. The highest BCUT2D eigenvalue weighted by Crippen LogP contribution is 2.41. The van der Waals surface area contributed by atoms with Gasteiger partial charge >= 0.3 is 6.09 Å². The molecule has 0 N–H and O–H groups in total. The van der Waals surface area contributed by atoms with E-state index >= 15 is 0 Å². The molecule has 1 aliphatic rings. The SMILES string of the molecule is CCCCC/C=C\C/C=C\CCCCCCCCC1(CCCCCCCC/C=C\C/C=C\CCCCC)CN(C(=O)OCCCN(C)C)C1.Cl. The Kier molecular flexibility index (Phi) is 34.8. The zero-order valence-electron chi connectivity index (χ0n) is 33.7. The molecular formula is C45H83ClN2O2. The topological polar surface area (TPSA) is 32.8 Å². The van der Waals surface area contributed by atoms with Gasteiger partial charge in [-0.3, -0.25) is 0 Å². The van der Waals surface area contributed by atoms with Crippen molar-refractivity contribution in [1.82, 2.24) is 9.80 Å². The van der Waals surface area contributed by atoms with Crippen molar-refractivity contribution in [2.24, 2.45) is 5.41 Å². The minimum atomic E-state index is -0.0940. The zero-order chi connectivity index (χ0) is 35.5. The zero-order valence-corrected chi connectivity index (χ0v) is 34.5. The van der Waals surface area contributed by atoms with Crippen molar-refractivity contribution >= 4 is 18.5 Å². The lowest BCUT2D eigenvalue weighted by molar-refractivity contribution is -0.0174. The molecule has 0 radical (unpaired) electrons. The minimum Gasteiger partial charge on any atom is -0.449 e. The first-order valence-electron chi connectivity index (χ1n) is 21.2. The van der Waals surface area contributed by atoms with Gasteiger partial charge in [0.1, 0.15) is 0 Å². The molecule has 0 aromatic heterocycles. The molecule has 1 heterocycles. The van der Waals surface area contributed by atoms with Gasteiger partial charge < -0.3 is 14.5 Å². The third kappa shape index (κ3) is 29.1. The number of carbonyl (C=O) groups excluding carboxylic acids is 1. The number of nitrogens with zero attached hydrogens (tertiary/aromatic N) is 2. The number of likely N-dealkylation sites (tertiary alicyclic amines) is 1. The van der Waals surface area contributed by atoms with Crippen LogP contribution in [-0.2, 0) is 4.74 Å². The van der Waals surface area contributed by atoms with E-state index in [-0.39, 0.29) is 18.5 Å². The molecule has 292 valence electrons. The molecule has 50 heavy (non-hydrogen) atoms. The van der Waals surface area contributed by atoms with Gasteiger partial charge in [0.25, 0.3) is 0 Å². The van der Waals surface area contributed by atoms with Gasteiger partial charge in [0.05, 0.1) is 6.61 Å². The smallest absolute Gasteiger partial charge is 0.409 e. The number of allylic oxidation sites excluding steroid dienone is 8. The van der Waals surface area contributed by atoms with E-state index in [1.807, 2.05) is 4.90 Å². The van der Waals surface area contributed by atoms with Gasteiger partial charge in [-0.05, 0) is 97.6 Å². The van der Waals surface area contributed by atoms with E-state index in [0.29, 0.717) is 12.0 Å². The van der Waals surface area contributed by atoms with Crippen LogP contribution in [0.4, 0.5) is 4.79 Å². The van der Waals surface area contributed by atoms with Crippen LogP contribution in [0, 0.1) is 5.41 Å². The Morgan fingerprint density at radius 1 is 0.560 bits per heavy atom.